The smallest absolute Gasteiger partial charge is 0.176 e. The second-order valence-corrected chi connectivity index (χ2v) is 7.16. The van der Waals surface area contributed by atoms with Crippen LogP contribution in [0.25, 0.3) is 0 Å². The zero-order chi connectivity index (χ0) is 16.4. The summed E-state index contributed by atoms with van der Waals surface area (Å²) in [7, 11) is 0. The Morgan fingerprint density at radius 1 is 1.26 bits per heavy atom. The maximum Gasteiger partial charge on any atom is 0.176 e. The van der Waals surface area contributed by atoms with E-state index in [1.807, 2.05) is 12.1 Å². The molecular formula is C17H20ClN3OS. The molecule has 0 bridgehead atoms. The minimum atomic E-state index is -0.345. The number of nitrogens with one attached hydrogen (secondary N) is 2. The average Bonchev–Trinajstić information content (AvgIpc) is 2.93. The number of anilines is 1. The molecule has 0 saturated heterocycles. The number of amidine groups is 1. The minimum Gasteiger partial charge on any atom is -0.508 e. The monoisotopic (exact) mass is 349 g/mol. The van der Waals surface area contributed by atoms with Crippen LogP contribution in [0.1, 0.15) is 35.8 Å². The third-order valence-corrected chi connectivity index (χ3v) is 5.02. The van der Waals surface area contributed by atoms with E-state index in [-0.39, 0.29) is 11.4 Å². The standard InChI is InChI=1S/C17H20ClN3OS/c1-10(2)13-9-23-15-14(13)20-17(18)21-16(15)19-8-7-11-3-5-12(22)6-4-11/h3-6,9-10,17,20,22H,7-8H2,1-2H3,(H,19,21). The van der Waals surface area contributed by atoms with E-state index in [2.05, 4.69) is 29.9 Å². The van der Waals surface area contributed by atoms with Gasteiger partial charge in [0.25, 0.3) is 0 Å². The van der Waals surface area contributed by atoms with Crippen LogP contribution in [0.3, 0.4) is 0 Å². The molecule has 1 aromatic heterocycles. The van der Waals surface area contributed by atoms with Crippen molar-refractivity contribution in [3.8, 4) is 5.75 Å². The number of hydrogen-bond donors (Lipinski definition) is 3. The molecule has 122 valence electrons. The Hall–Kier alpha value is -1.72. The normalized spacial score (nSPS) is 18.6. The molecule has 1 atom stereocenters. The van der Waals surface area contributed by atoms with Gasteiger partial charge in [-0.05, 0) is 41.0 Å². The van der Waals surface area contributed by atoms with Crippen LogP contribution in [-0.4, -0.2) is 23.1 Å². The van der Waals surface area contributed by atoms with E-state index in [0.29, 0.717) is 12.5 Å². The number of fused-ring (bicyclic) bond motifs is 1. The van der Waals surface area contributed by atoms with Crippen LogP contribution in [0, 0.1) is 0 Å². The van der Waals surface area contributed by atoms with Crippen molar-refractivity contribution in [2.24, 2.45) is 4.99 Å². The minimum absolute atomic E-state index is 0.287. The first-order valence-electron chi connectivity index (χ1n) is 7.66. The van der Waals surface area contributed by atoms with Crippen molar-refractivity contribution < 1.29 is 5.11 Å². The van der Waals surface area contributed by atoms with Crippen molar-refractivity contribution in [2.75, 3.05) is 11.9 Å². The molecule has 4 nitrogen and oxygen atoms in total. The third-order valence-electron chi connectivity index (χ3n) is 3.80. The molecule has 1 aliphatic rings. The van der Waals surface area contributed by atoms with E-state index in [4.69, 9.17) is 16.6 Å². The average molecular weight is 350 g/mol. The van der Waals surface area contributed by atoms with Gasteiger partial charge in [-0.15, -0.1) is 11.3 Å². The first kappa shape index (κ1) is 16.1. The SMILES string of the molecule is CC(C)c1csc2c1NC(Cl)NC2=NCCc1ccc(O)cc1. The van der Waals surface area contributed by atoms with E-state index in [1.165, 1.54) is 5.56 Å². The summed E-state index contributed by atoms with van der Waals surface area (Å²) < 4.78 is 0. The lowest BCUT2D eigenvalue weighted by atomic mass is 10.0. The summed E-state index contributed by atoms with van der Waals surface area (Å²) in [6, 6.07) is 7.24. The van der Waals surface area contributed by atoms with Crippen molar-refractivity contribution >= 4 is 34.5 Å². The van der Waals surface area contributed by atoms with E-state index >= 15 is 0 Å². The van der Waals surface area contributed by atoms with Crippen molar-refractivity contribution in [3.63, 3.8) is 0 Å². The summed E-state index contributed by atoms with van der Waals surface area (Å²) in [5, 5.41) is 18.0. The molecule has 0 spiro atoms. The first-order chi connectivity index (χ1) is 11.0. The molecule has 2 heterocycles. The zero-order valence-corrected chi connectivity index (χ0v) is 14.7. The van der Waals surface area contributed by atoms with Crippen LogP contribution in [0.15, 0.2) is 34.6 Å². The molecule has 0 radical (unpaired) electrons. The molecular weight excluding hydrogens is 330 g/mol. The molecule has 3 rings (SSSR count). The largest absolute Gasteiger partial charge is 0.508 e. The number of aliphatic imine (C=N–C) groups is 1. The predicted octanol–water partition coefficient (Wildman–Crippen LogP) is 4.10. The number of halogens is 1. The summed E-state index contributed by atoms with van der Waals surface area (Å²) in [6.45, 7) is 5.03. The van der Waals surface area contributed by atoms with Gasteiger partial charge in [0.1, 0.15) is 11.6 Å². The van der Waals surface area contributed by atoms with Crippen LogP contribution in [0.4, 0.5) is 5.69 Å². The van der Waals surface area contributed by atoms with Gasteiger partial charge in [-0.1, -0.05) is 37.6 Å². The molecule has 3 N–H and O–H groups in total. The fraction of sp³-hybridized carbons (Fsp3) is 0.353. The number of phenols is 1. The molecule has 23 heavy (non-hydrogen) atoms. The van der Waals surface area contributed by atoms with Crippen molar-refractivity contribution in [1.29, 1.82) is 0 Å². The van der Waals surface area contributed by atoms with Crippen LogP contribution >= 0.6 is 22.9 Å². The van der Waals surface area contributed by atoms with Gasteiger partial charge in [-0.3, -0.25) is 4.99 Å². The van der Waals surface area contributed by atoms with Crippen LogP contribution in [0.2, 0.25) is 0 Å². The lowest BCUT2D eigenvalue weighted by Gasteiger charge is -2.25. The third kappa shape index (κ3) is 3.62. The molecule has 1 aliphatic heterocycles. The fourth-order valence-electron chi connectivity index (χ4n) is 2.54. The van der Waals surface area contributed by atoms with Crippen LogP contribution < -0.4 is 10.6 Å². The fourth-order valence-corrected chi connectivity index (χ4v) is 3.92. The van der Waals surface area contributed by atoms with Gasteiger partial charge >= 0.3 is 0 Å². The molecule has 6 heteroatoms. The van der Waals surface area contributed by atoms with Crippen molar-refractivity contribution in [1.82, 2.24) is 5.32 Å². The highest BCUT2D eigenvalue weighted by Crippen LogP contribution is 2.36. The number of alkyl halides is 1. The summed E-state index contributed by atoms with van der Waals surface area (Å²) in [5.41, 5.74) is 3.19. The maximum absolute atomic E-state index is 9.31. The molecule has 0 amide bonds. The number of thiophene rings is 1. The number of benzene rings is 1. The number of nitrogens with zero attached hydrogens (tertiary/aromatic N) is 1. The lowest BCUT2D eigenvalue weighted by Crippen LogP contribution is -2.41. The lowest BCUT2D eigenvalue weighted by molar-refractivity contribution is 0.475. The van der Waals surface area contributed by atoms with E-state index < -0.39 is 0 Å². The highest BCUT2D eigenvalue weighted by molar-refractivity contribution is 7.13. The van der Waals surface area contributed by atoms with Crippen LogP contribution in [0.5, 0.6) is 5.75 Å². The number of phenolic OH excluding ortho intramolecular Hbond substituents is 1. The van der Waals surface area contributed by atoms with Crippen molar-refractivity contribution in [3.05, 3.63) is 45.6 Å². The second kappa shape index (κ2) is 6.81. The predicted molar refractivity (Wildman–Crippen MR) is 98.0 cm³/mol. The van der Waals surface area contributed by atoms with E-state index in [9.17, 15) is 5.11 Å². The summed E-state index contributed by atoms with van der Waals surface area (Å²) in [4.78, 5) is 5.82. The molecule has 1 unspecified atom stereocenters. The maximum atomic E-state index is 9.31. The van der Waals surface area contributed by atoms with Gasteiger partial charge < -0.3 is 15.7 Å². The summed E-state index contributed by atoms with van der Waals surface area (Å²) in [5.74, 6) is 1.59. The van der Waals surface area contributed by atoms with Crippen LogP contribution in [-0.2, 0) is 6.42 Å². The van der Waals surface area contributed by atoms with Gasteiger partial charge in [0.05, 0.1) is 10.6 Å². The molecule has 0 fully saturated rings. The highest BCUT2D eigenvalue weighted by Gasteiger charge is 2.25. The van der Waals surface area contributed by atoms with Gasteiger partial charge in [0, 0.05) is 6.54 Å². The van der Waals surface area contributed by atoms with Gasteiger partial charge in [-0.2, -0.15) is 0 Å². The number of rotatable bonds is 4. The molecule has 0 saturated carbocycles. The molecule has 1 aromatic carbocycles. The Labute approximate surface area is 145 Å². The second-order valence-electron chi connectivity index (χ2n) is 5.85. The molecule has 0 aliphatic carbocycles. The quantitative estimate of drug-likeness (QED) is 0.575. The first-order valence-corrected chi connectivity index (χ1v) is 8.97. The molecule has 2 aromatic rings. The zero-order valence-electron chi connectivity index (χ0n) is 13.1. The van der Waals surface area contributed by atoms with Gasteiger partial charge in [-0.25, -0.2) is 0 Å². The van der Waals surface area contributed by atoms with Crippen molar-refractivity contribution in [2.45, 2.75) is 31.8 Å². The Balaban J connectivity index is 1.76. The Morgan fingerprint density at radius 3 is 2.70 bits per heavy atom. The number of hydrogen-bond acceptors (Lipinski definition) is 4. The summed E-state index contributed by atoms with van der Waals surface area (Å²) >= 11 is 7.95. The Bertz CT molecular complexity index is 709. The topological polar surface area (TPSA) is 56.7 Å². The Kier molecular flexibility index (Phi) is 4.78. The number of aromatic hydroxyl groups is 1. The highest BCUT2D eigenvalue weighted by atomic mass is 35.5. The Morgan fingerprint density at radius 2 is 2.00 bits per heavy atom. The van der Waals surface area contributed by atoms with E-state index in [0.717, 1.165) is 28.4 Å². The summed E-state index contributed by atoms with van der Waals surface area (Å²) in [6.07, 6.45) is 0.823. The van der Waals surface area contributed by atoms with E-state index in [1.54, 1.807) is 23.5 Å². The van der Waals surface area contributed by atoms with Gasteiger partial charge in [0.2, 0.25) is 0 Å². The van der Waals surface area contributed by atoms with Gasteiger partial charge in [0.15, 0.2) is 5.62 Å².